The molecule has 2 rings (SSSR count). The number of aromatic carboxylic acids is 1. The number of pyridine rings is 1. The van der Waals surface area contributed by atoms with E-state index in [1.54, 1.807) is 17.8 Å². The minimum absolute atomic E-state index is 0.0301. The normalized spacial score (nSPS) is 10.4. The van der Waals surface area contributed by atoms with Crippen LogP contribution in [-0.4, -0.2) is 25.6 Å². The van der Waals surface area contributed by atoms with Gasteiger partial charge in [-0.2, -0.15) is 0 Å². The van der Waals surface area contributed by atoms with E-state index in [-0.39, 0.29) is 5.69 Å². The lowest BCUT2D eigenvalue weighted by Crippen LogP contribution is -1.96. The highest BCUT2D eigenvalue weighted by Gasteiger charge is 2.14. The first-order valence-electron chi connectivity index (χ1n) is 4.78. The van der Waals surface area contributed by atoms with E-state index in [0.717, 1.165) is 5.56 Å². The van der Waals surface area contributed by atoms with Gasteiger partial charge in [-0.15, -0.1) is 0 Å². The van der Waals surface area contributed by atoms with Gasteiger partial charge in [0.05, 0.1) is 0 Å². The van der Waals surface area contributed by atoms with Crippen LogP contribution in [0.25, 0.3) is 11.5 Å². The second-order valence-corrected chi connectivity index (χ2v) is 3.53. The van der Waals surface area contributed by atoms with E-state index < -0.39 is 5.97 Å². The molecule has 5 heteroatoms. The Balaban J connectivity index is 2.57. The molecule has 0 saturated heterocycles. The molecule has 2 aromatic rings. The van der Waals surface area contributed by atoms with Crippen LogP contribution < -0.4 is 0 Å². The number of carboxylic acid groups (broad SMARTS) is 1. The number of hydrogen-bond donors (Lipinski definition) is 1. The van der Waals surface area contributed by atoms with Crippen LogP contribution >= 0.6 is 0 Å². The van der Waals surface area contributed by atoms with Gasteiger partial charge >= 0.3 is 5.97 Å². The zero-order valence-electron chi connectivity index (χ0n) is 9.01. The molecule has 0 aliphatic heterocycles. The maximum absolute atomic E-state index is 10.8. The Morgan fingerprint density at radius 3 is 2.81 bits per heavy atom. The molecule has 0 unspecified atom stereocenters. The third-order valence-corrected chi connectivity index (χ3v) is 2.32. The Kier molecular flexibility index (Phi) is 2.44. The molecule has 0 radical (unpaired) electrons. The van der Waals surface area contributed by atoms with Crippen molar-refractivity contribution in [3.63, 3.8) is 0 Å². The number of aromatic nitrogens is 3. The van der Waals surface area contributed by atoms with Crippen molar-refractivity contribution in [3.8, 4) is 11.5 Å². The third kappa shape index (κ3) is 1.67. The number of aryl methyl sites for hydroxylation is 2. The van der Waals surface area contributed by atoms with Crippen molar-refractivity contribution in [3.05, 3.63) is 35.8 Å². The minimum Gasteiger partial charge on any atom is -0.476 e. The van der Waals surface area contributed by atoms with Crippen LogP contribution in [0.2, 0.25) is 0 Å². The number of rotatable bonds is 2. The summed E-state index contributed by atoms with van der Waals surface area (Å²) < 4.78 is 1.67. The molecule has 0 atom stereocenters. The Labute approximate surface area is 92.4 Å². The average Bonchev–Trinajstić information content (AvgIpc) is 2.61. The Hall–Kier alpha value is -2.17. The minimum atomic E-state index is -1.03. The van der Waals surface area contributed by atoms with Crippen LogP contribution in [-0.2, 0) is 7.05 Å². The van der Waals surface area contributed by atoms with Gasteiger partial charge in [0.15, 0.2) is 11.5 Å². The van der Waals surface area contributed by atoms with E-state index in [9.17, 15) is 4.79 Å². The van der Waals surface area contributed by atoms with Gasteiger partial charge in [-0.1, -0.05) is 6.07 Å². The first-order valence-corrected chi connectivity index (χ1v) is 4.78. The monoisotopic (exact) mass is 217 g/mol. The van der Waals surface area contributed by atoms with E-state index in [4.69, 9.17) is 5.11 Å². The standard InChI is InChI=1S/C11H11N3O2/c1-7-4-3-5-12-9(7)10-13-8(11(15)16)6-14(10)2/h3-6H,1-2H3,(H,15,16). The second kappa shape index (κ2) is 3.77. The second-order valence-electron chi connectivity index (χ2n) is 3.53. The van der Waals surface area contributed by atoms with Gasteiger partial charge < -0.3 is 9.67 Å². The zero-order valence-corrected chi connectivity index (χ0v) is 9.01. The number of hydrogen-bond acceptors (Lipinski definition) is 3. The molecule has 0 saturated carbocycles. The van der Waals surface area contributed by atoms with Crippen LogP contribution in [0.4, 0.5) is 0 Å². The van der Waals surface area contributed by atoms with Crippen molar-refractivity contribution < 1.29 is 9.90 Å². The molecule has 0 aromatic carbocycles. The Bertz CT molecular complexity index is 546. The smallest absolute Gasteiger partial charge is 0.356 e. The van der Waals surface area contributed by atoms with Crippen LogP contribution in [0.1, 0.15) is 16.1 Å². The van der Waals surface area contributed by atoms with Gasteiger partial charge in [0.25, 0.3) is 0 Å². The zero-order chi connectivity index (χ0) is 11.7. The summed E-state index contributed by atoms with van der Waals surface area (Å²) in [6.45, 7) is 1.91. The van der Waals surface area contributed by atoms with Crippen molar-refractivity contribution in [1.82, 2.24) is 14.5 Å². The molecule has 0 aliphatic rings. The Morgan fingerprint density at radius 2 is 2.25 bits per heavy atom. The van der Waals surface area contributed by atoms with Gasteiger partial charge in [0.1, 0.15) is 5.69 Å². The quantitative estimate of drug-likeness (QED) is 0.827. The predicted octanol–water partition coefficient (Wildman–Crippen LogP) is 1.49. The SMILES string of the molecule is Cc1cccnc1-c1nc(C(=O)O)cn1C. The number of nitrogens with zero attached hydrogens (tertiary/aromatic N) is 3. The highest BCUT2D eigenvalue weighted by molar-refractivity contribution is 5.86. The maximum Gasteiger partial charge on any atom is 0.356 e. The molecule has 0 aliphatic carbocycles. The first-order chi connectivity index (χ1) is 7.59. The summed E-state index contributed by atoms with van der Waals surface area (Å²) in [6, 6.07) is 3.75. The number of carboxylic acids is 1. The van der Waals surface area contributed by atoms with Crippen LogP contribution in [0.15, 0.2) is 24.5 Å². The molecule has 0 spiro atoms. The molecule has 0 fully saturated rings. The summed E-state index contributed by atoms with van der Waals surface area (Å²) in [5.41, 5.74) is 1.70. The molecular formula is C11H11N3O2. The fourth-order valence-electron chi connectivity index (χ4n) is 1.51. The highest BCUT2D eigenvalue weighted by atomic mass is 16.4. The summed E-state index contributed by atoms with van der Waals surface area (Å²) in [5, 5.41) is 8.84. The summed E-state index contributed by atoms with van der Waals surface area (Å²) in [6.07, 6.45) is 3.14. The average molecular weight is 217 g/mol. The van der Waals surface area contributed by atoms with Crippen molar-refractivity contribution >= 4 is 5.97 Å². The van der Waals surface area contributed by atoms with Crippen LogP contribution in [0.5, 0.6) is 0 Å². The topological polar surface area (TPSA) is 68.0 Å². The third-order valence-electron chi connectivity index (χ3n) is 2.32. The van der Waals surface area contributed by atoms with E-state index in [1.807, 2.05) is 19.1 Å². The lowest BCUT2D eigenvalue weighted by molar-refractivity contribution is 0.0691. The Morgan fingerprint density at radius 1 is 1.50 bits per heavy atom. The van der Waals surface area contributed by atoms with Crippen molar-refractivity contribution in [2.75, 3.05) is 0 Å². The summed E-state index contributed by atoms with van der Waals surface area (Å²) in [7, 11) is 1.75. The van der Waals surface area contributed by atoms with E-state index >= 15 is 0 Å². The molecule has 5 nitrogen and oxygen atoms in total. The number of imidazole rings is 1. The largest absolute Gasteiger partial charge is 0.476 e. The van der Waals surface area contributed by atoms with Crippen LogP contribution in [0, 0.1) is 6.92 Å². The van der Waals surface area contributed by atoms with E-state index in [0.29, 0.717) is 11.5 Å². The van der Waals surface area contributed by atoms with Crippen molar-refractivity contribution in [1.29, 1.82) is 0 Å². The lowest BCUT2D eigenvalue weighted by atomic mass is 10.2. The first kappa shape index (κ1) is 10.4. The maximum atomic E-state index is 10.8. The molecule has 1 N–H and O–H groups in total. The highest BCUT2D eigenvalue weighted by Crippen LogP contribution is 2.19. The summed E-state index contributed by atoms with van der Waals surface area (Å²) in [4.78, 5) is 19.0. The molecule has 82 valence electrons. The molecule has 16 heavy (non-hydrogen) atoms. The van der Waals surface area contributed by atoms with Crippen molar-refractivity contribution in [2.45, 2.75) is 6.92 Å². The molecule has 0 amide bonds. The molecule has 2 aromatic heterocycles. The molecule has 2 heterocycles. The number of carbonyl (C=O) groups is 1. The lowest BCUT2D eigenvalue weighted by Gasteiger charge is -2.03. The van der Waals surface area contributed by atoms with Gasteiger partial charge in [-0.3, -0.25) is 4.98 Å². The van der Waals surface area contributed by atoms with E-state index in [2.05, 4.69) is 9.97 Å². The van der Waals surface area contributed by atoms with Gasteiger partial charge in [-0.25, -0.2) is 9.78 Å². The predicted molar refractivity (Wildman–Crippen MR) is 58.1 cm³/mol. The van der Waals surface area contributed by atoms with E-state index in [1.165, 1.54) is 6.20 Å². The molecular weight excluding hydrogens is 206 g/mol. The van der Waals surface area contributed by atoms with Crippen molar-refractivity contribution in [2.24, 2.45) is 7.05 Å². The van der Waals surface area contributed by atoms with Gasteiger partial charge in [0, 0.05) is 19.4 Å². The summed E-state index contributed by atoms with van der Waals surface area (Å²) in [5.74, 6) is -0.467. The fourth-order valence-corrected chi connectivity index (χ4v) is 1.51. The van der Waals surface area contributed by atoms with Gasteiger partial charge in [-0.05, 0) is 18.6 Å². The van der Waals surface area contributed by atoms with Gasteiger partial charge in [0.2, 0.25) is 0 Å². The van der Waals surface area contributed by atoms with Crippen LogP contribution in [0.3, 0.4) is 0 Å². The molecule has 0 bridgehead atoms. The fraction of sp³-hybridized carbons (Fsp3) is 0.182. The summed E-state index contributed by atoms with van der Waals surface area (Å²) >= 11 is 0.